The van der Waals surface area contributed by atoms with Gasteiger partial charge in [-0.15, -0.1) is 0 Å². The molecule has 0 bridgehead atoms. The fourth-order valence-electron chi connectivity index (χ4n) is 9.28. The first-order valence-electron chi connectivity index (χ1n) is 22.4. The lowest BCUT2D eigenvalue weighted by molar-refractivity contribution is 0.620. The Kier molecular flexibility index (Phi) is 9.85. The largest absolute Gasteiger partial charge is 0.436 e. The molecule has 1 aromatic heterocycles. The van der Waals surface area contributed by atoms with E-state index in [0.717, 1.165) is 55.6 Å². The van der Waals surface area contributed by atoms with E-state index in [1.165, 1.54) is 55.3 Å². The van der Waals surface area contributed by atoms with Crippen LogP contribution in [0, 0.1) is 0 Å². The second kappa shape index (κ2) is 16.7. The normalized spacial score (nSPS) is 11.3. The lowest BCUT2D eigenvalue weighted by Gasteiger charge is -2.28. The van der Waals surface area contributed by atoms with E-state index in [9.17, 15) is 0 Å². The van der Waals surface area contributed by atoms with E-state index < -0.39 is 0 Å². The molecule has 12 rings (SSSR count). The van der Waals surface area contributed by atoms with Crippen molar-refractivity contribution in [1.82, 2.24) is 4.98 Å². The highest BCUT2D eigenvalue weighted by Gasteiger charge is 2.19. The van der Waals surface area contributed by atoms with Crippen molar-refractivity contribution in [3.63, 3.8) is 0 Å². The summed E-state index contributed by atoms with van der Waals surface area (Å²) in [4.78, 5) is 7.29. The molecule has 0 aliphatic carbocycles. The Morgan fingerprint density at radius 2 is 0.773 bits per heavy atom. The van der Waals surface area contributed by atoms with Crippen LogP contribution >= 0.6 is 0 Å². The van der Waals surface area contributed by atoms with Gasteiger partial charge in [-0.3, -0.25) is 0 Å². The fraction of sp³-hybridized carbons (Fsp3) is 0. The summed E-state index contributed by atoms with van der Waals surface area (Å²) in [6.07, 6.45) is 0. The standard InChI is InChI=1S/C63H42N2O/c1-4-13-43(14-5-1)44-23-25-45(26-24-44)50-19-12-20-56(41-50)65(60-22-11-10-21-58(60)48-15-6-2-7-16-48)57-36-33-53-39-51(31-32-54(53)42-57)46-27-29-47(30-28-46)52-34-37-59-55(40-52)35-38-61-62(59)64-63(66-61)49-17-8-3-9-18-49/h1-42H. The van der Waals surface area contributed by atoms with Crippen molar-refractivity contribution in [3.05, 3.63) is 255 Å². The van der Waals surface area contributed by atoms with E-state index in [-0.39, 0.29) is 0 Å². The SMILES string of the molecule is c1ccc(-c2ccc(-c3cccc(N(c4ccc5cc(-c6ccc(-c7ccc8c(ccc9oc(-c%10ccccc%10)nc98)c7)cc6)ccc5c4)c4ccccc4-c4ccccc4)c3)cc2)cc1. The number of anilines is 3. The lowest BCUT2D eigenvalue weighted by atomic mass is 9.96. The molecule has 0 fully saturated rings. The van der Waals surface area contributed by atoms with Crippen LogP contribution in [0.5, 0.6) is 0 Å². The maximum absolute atomic E-state index is 6.15. The summed E-state index contributed by atoms with van der Waals surface area (Å²) >= 11 is 0. The number of aromatic nitrogens is 1. The molecule has 0 spiro atoms. The Morgan fingerprint density at radius 1 is 0.303 bits per heavy atom. The lowest BCUT2D eigenvalue weighted by Crippen LogP contribution is -2.11. The molecule has 0 saturated heterocycles. The molecule has 310 valence electrons. The predicted molar refractivity (Wildman–Crippen MR) is 276 cm³/mol. The Hall–Kier alpha value is -8.79. The molecule has 3 heteroatoms. The number of nitrogens with zero attached hydrogens (tertiary/aromatic N) is 2. The Bertz CT molecular complexity index is 3670. The highest BCUT2D eigenvalue weighted by molar-refractivity contribution is 6.05. The van der Waals surface area contributed by atoms with Crippen LogP contribution in [0.15, 0.2) is 259 Å². The molecule has 0 aliphatic rings. The number of oxazole rings is 1. The summed E-state index contributed by atoms with van der Waals surface area (Å²) in [7, 11) is 0. The topological polar surface area (TPSA) is 29.3 Å². The summed E-state index contributed by atoms with van der Waals surface area (Å²) in [6, 6.07) is 91.1. The van der Waals surface area contributed by atoms with Gasteiger partial charge in [0.15, 0.2) is 5.58 Å². The van der Waals surface area contributed by atoms with Gasteiger partial charge in [0, 0.05) is 27.9 Å². The predicted octanol–water partition coefficient (Wildman–Crippen LogP) is 17.6. The van der Waals surface area contributed by atoms with E-state index in [1.807, 2.05) is 36.4 Å². The van der Waals surface area contributed by atoms with Crippen molar-refractivity contribution < 1.29 is 4.42 Å². The minimum atomic E-state index is 0.640. The minimum absolute atomic E-state index is 0.640. The van der Waals surface area contributed by atoms with E-state index in [2.05, 4.69) is 223 Å². The fourth-order valence-corrected chi connectivity index (χ4v) is 9.28. The van der Waals surface area contributed by atoms with Crippen LogP contribution in [0.4, 0.5) is 17.1 Å². The molecule has 0 aliphatic heterocycles. The molecule has 66 heavy (non-hydrogen) atoms. The maximum Gasteiger partial charge on any atom is 0.227 e. The van der Waals surface area contributed by atoms with Gasteiger partial charge < -0.3 is 9.32 Å². The average Bonchev–Trinajstić information content (AvgIpc) is 3.85. The number of benzene rings is 11. The first-order chi connectivity index (χ1) is 32.7. The highest BCUT2D eigenvalue weighted by atomic mass is 16.3. The molecule has 3 nitrogen and oxygen atoms in total. The van der Waals surface area contributed by atoms with Crippen LogP contribution in [0.25, 0.3) is 99.7 Å². The van der Waals surface area contributed by atoms with Crippen LogP contribution in [0.3, 0.4) is 0 Å². The maximum atomic E-state index is 6.15. The summed E-state index contributed by atoms with van der Waals surface area (Å²) in [6.45, 7) is 0. The van der Waals surface area contributed by atoms with Gasteiger partial charge >= 0.3 is 0 Å². The molecular formula is C63H42N2O. The van der Waals surface area contributed by atoms with Crippen LogP contribution in [-0.2, 0) is 0 Å². The van der Waals surface area contributed by atoms with Crippen molar-refractivity contribution >= 4 is 49.7 Å². The molecule has 12 aromatic rings. The Balaban J connectivity index is 0.862. The van der Waals surface area contributed by atoms with E-state index in [4.69, 9.17) is 9.40 Å². The molecule has 0 atom stereocenters. The summed E-state index contributed by atoms with van der Waals surface area (Å²) < 4.78 is 6.15. The summed E-state index contributed by atoms with van der Waals surface area (Å²) in [5, 5.41) is 4.58. The van der Waals surface area contributed by atoms with Gasteiger partial charge in [0.05, 0.1) is 5.69 Å². The molecule has 1 heterocycles. The van der Waals surface area contributed by atoms with Crippen molar-refractivity contribution in [2.45, 2.75) is 0 Å². The molecule has 11 aromatic carbocycles. The van der Waals surface area contributed by atoms with Crippen LogP contribution in [0.2, 0.25) is 0 Å². The molecule has 0 N–H and O–H groups in total. The van der Waals surface area contributed by atoms with Gasteiger partial charge in [0.1, 0.15) is 5.52 Å². The van der Waals surface area contributed by atoms with E-state index >= 15 is 0 Å². The van der Waals surface area contributed by atoms with Gasteiger partial charge in [-0.2, -0.15) is 0 Å². The average molecular weight is 843 g/mol. The van der Waals surface area contributed by atoms with Crippen LogP contribution < -0.4 is 4.90 Å². The first-order valence-corrected chi connectivity index (χ1v) is 22.4. The number of rotatable bonds is 9. The Morgan fingerprint density at radius 3 is 1.47 bits per heavy atom. The van der Waals surface area contributed by atoms with Crippen molar-refractivity contribution in [2.75, 3.05) is 4.90 Å². The first kappa shape index (κ1) is 38.9. The van der Waals surface area contributed by atoms with Gasteiger partial charge in [-0.25, -0.2) is 4.98 Å². The molecular weight excluding hydrogens is 801 g/mol. The third kappa shape index (κ3) is 7.39. The second-order valence-electron chi connectivity index (χ2n) is 16.8. The number of para-hydroxylation sites is 1. The van der Waals surface area contributed by atoms with Gasteiger partial charge in [-0.05, 0) is 127 Å². The molecule has 0 radical (unpaired) electrons. The van der Waals surface area contributed by atoms with Gasteiger partial charge in [0.2, 0.25) is 5.89 Å². The van der Waals surface area contributed by atoms with Crippen LogP contribution in [-0.4, -0.2) is 4.98 Å². The molecule has 0 amide bonds. The third-order valence-corrected chi connectivity index (χ3v) is 12.7. The zero-order valence-corrected chi connectivity index (χ0v) is 36.1. The zero-order valence-electron chi connectivity index (χ0n) is 36.1. The van der Waals surface area contributed by atoms with Gasteiger partial charge in [0.25, 0.3) is 0 Å². The quantitative estimate of drug-likeness (QED) is 0.145. The third-order valence-electron chi connectivity index (χ3n) is 12.7. The minimum Gasteiger partial charge on any atom is -0.436 e. The van der Waals surface area contributed by atoms with E-state index in [0.29, 0.717) is 5.89 Å². The number of hydrogen-bond donors (Lipinski definition) is 0. The number of fused-ring (bicyclic) bond motifs is 4. The monoisotopic (exact) mass is 842 g/mol. The van der Waals surface area contributed by atoms with Crippen molar-refractivity contribution in [2.24, 2.45) is 0 Å². The summed E-state index contributed by atoms with van der Waals surface area (Å²) in [5.74, 6) is 0.640. The van der Waals surface area contributed by atoms with Gasteiger partial charge in [-0.1, -0.05) is 194 Å². The molecule has 0 unspecified atom stereocenters. The van der Waals surface area contributed by atoms with Crippen LogP contribution in [0.1, 0.15) is 0 Å². The van der Waals surface area contributed by atoms with Crippen molar-refractivity contribution in [1.29, 1.82) is 0 Å². The van der Waals surface area contributed by atoms with E-state index in [1.54, 1.807) is 0 Å². The summed E-state index contributed by atoms with van der Waals surface area (Å²) in [5.41, 5.74) is 17.8. The smallest absolute Gasteiger partial charge is 0.227 e. The Labute approximate surface area is 384 Å². The molecule has 0 saturated carbocycles. The van der Waals surface area contributed by atoms with Crippen molar-refractivity contribution in [3.8, 4) is 67.1 Å². The second-order valence-corrected chi connectivity index (χ2v) is 16.8. The highest BCUT2D eigenvalue weighted by Crippen LogP contribution is 2.43. The zero-order chi connectivity index (χ0) is 43.8. The number of hydrogen-bond acceptors (Lipinski definition) is 3.